The van der Waals surface area contributed by atoms with Crippen LogP contribution in [-0.2, 0) is 14.8 Å². The van der Waals surface area contributed by atoms with Crippen LogP contribution in [0.3, 0.4) is 0 Å². The Hall–Kier alpha value is -3.11. The van der Waals surface area contributed by atoms with Gasteiger partial charge in [0, 0.05) is 25.1 Å². The summed E-state index contributed by atoms with van der Waals surface area (Å²) in [5.41, 5.74) is 5.76. The molecule has 1 heterocycles. The number of hydrogen-bond donors (Lipinski definition) is 2. The maximum absolute atomic E-state index is 12.8. The van der Waals surface area contributed by atoms with Gasteiger partial charge < -0.3 is 20.5 Å². The van der Waals surface area contributed by atoms with E-state index in [1.807, 2.05) is 0 Å². The fourth-order valence-electron chi connectivity index (χ4n) is 3.52. The highest BCUT2D eigenvalue weighted by Crippen LogP contribution is 2.34. The number of nitrogens with zero attached hydrogens (tertiary/aromatic N) is 1. The van der Waals surface area contributed by atoms with Gasteiger partial charge in [-0.25, -0.2) is 8.42 Å². The Morgan fingerprint density at radius 1 is 1.03 bits per heavy atom. The van der Waals surface area contributed by atoms with Gasteiger partial charge >= 0.3 is 0 Å². The molecular formula is C21H25N3O6S. The lowest BCUT2D eigenvalue weighted by Crippen LogP contribution is -2.41. The molecule has 0 saturated carbocycles. The number of carbonyl (C=O) groups is 2. The van der Waals surface area contributed by atoms with E-state index in [0.29, 0.717) is 24.3 Å². The van der Waals surface area contributed by atoms with Crippen LogP contribution in [0.25, 0.3) is 0 Å². The average Bonchev–Trinajstić information content (AvgIpc) is 2.79. The predicted molar refractivity (Wildman–Crippen MR) is 115 cm³/mol. The van der Waals surface area contributed by atoms with Gasteiger partial charge in [0.25, 0.3) is 5.91 Å². The zero-order chi connectivity index (χ0) is 22.6. The molecule has 1 fully saturated rings. The highest BCUT2D eigenvalue weighted by Gasteiger charge is 2.32. The van der Waals surface area contributed by atoms with Gasteiger partial charge in [-0.1, -0.05) is 18.2 Å². The molecule has 9 nitrogen and oxygen atoms in total. The molecule has 0 atom stereocenters. The van der Waals surface area contributed by atoms with Crippen LogP contribution >= 0.6 is 0 Å². The minimum Gasteiger partial charge on any atom is -0.493 e. The molecule has 0 unspecified atom stereocenters. The van der Waals surface area contributed by atoms with E-state index in [1.54, 1.807) is 30.3 Å². The summed E-state index contributed by atoms with van der Waals surface area (Å²) in [7, 11) is -0.725. The van der Waals surface area contributed by atoms with E-state index in [-0.39, 0.29) is 35.1 Å². The third kappa shape index (κ3) is 4.80. The molecule has 1 aliphatic heterocycles. The second-order valence-electron chi connectivity index (χ2n) is 7.10. The smallest absolute Gasteiger partial charge is 0.250 e. The SMILES string of the molecule is COc1cc(NC(=O)C2CCN(S(=O)(=O)c3ccccc3)CC2)c(C(N)=O)cc1OC. The Labute approximate surface area is 181 Å². The molecule has 0 aromatic heterocycles. The first kappa shape index (κ1) is 22.6. The van der Waals surface area contributed by atoms with Crippen molar-refractivity contribution in [2.24, 2.45) is 11.7 Å². The summed E-state index contributed by atoms with van der Waals surface area (Å²) in [6, 6.07) is 11.1. The van der Waals surface area contributed by atoms with Crippen LogP contribution in [0, 0.1) is 5.92 Å². The minimum absolute atomic E-state index is 0.0927. The molecule has 0 aliphatic carbocycles. The first-order valence-corrected chi connectivity index (χ1v) is 11.1. The third-order valence-electron chi connectivity index (χ3n) is 5.25. The molecule has 3 rings (SSSR count). The Kier molecular flexibility index (Phi) is 6.81. The quantitative estimate of drug-likeness (QED) is 0.667. The summed E-state index contributed by atoms with van der Waals surface area (Å²) in [5, 5.41) is 2.73. The minimum atomic E-state index is -3.59. The number of amides is 2. The summed E-state index contributed by atoms with van der Waals surface area (Å²) >= 11 is 0. The van der Waals surface area contributed by atoms with Crippen LogP contribution in [-0.4, -0.2) is 51.8 Å². The number of carbonyl (C=O) groups excluding carboxylic acids is 2. The molecule has 3 N–H and O–H groups in total. The fourth-order valence-corrected chi connectivity index (χ4v) is 5.01. The summed E-state index contributed by atoms with van der Waals surface area (Å²) in [4.78, 5) is 24.9. The molecule has 166 valence electrons. The van der Waals surface area contributed by atoms with Gasteiger partial charge in [-0.3, -0.25) is 9.59 Å². The zero-order valence-corrected chi connectivity index (χ0v) is 18.1. The van der Waals surface area contributed by atoms with Crippen molar-refractivity contribution in [3.63, 3.8) is 0 Å². The number of piperidine rings is 1. The van der Waals surface area contributed by atoms with Gasteiger partial charge in [0.1, 0.15) is 0 Å². The molecule has 10 heteroatoms. The van der Waals surface area contributed by atoms with E-state index >= 15 is 0 Å². The van der Waals surface area contributed by atoms with Crippen molar-refractivity contribution in [2.45, 2.75) is 17.7 Å². The molecule has 2 aromatic carbocycles. The van der Waals surface area contributed by atoms with Crippen molar-refractivity contribution in [1.82, 2.24) is 4.31 Å². The molecular weight excluding hydrogens is 422 g/mol. The highest BCUT2D eigenvalue weighted by atomic mass is 32.2. The Morgan fingerprint density at radius 3 is 2.16 bits per heavy atom. The Bertz CT molecular complexity index is 1060. The molecule has 2 amide bonds. The van der Waals surface area contributed by atoms with E-state index in [2.05, 4.69) is 5.32 Å². The third-order valence-corrected chi connectivity index (χ3v) is 7.17. The topological polar surface area (TPSA) is 128 Å². The summed E-state index contributed by atoms with van der Waals surface area (Å²) < 4.78 is 37.3. The predicted octanol–water partition coefficient (Wildman–Crippen LogP) is 1.84. The maximum atomic E-state index is 12.8. The first-order valence-electron chi connectivity index (χ1n) is 9.69. The van der Waals surface area contributed by atoms with Gasteiger partial charge in [-0.2, -0.15) is 4.31 Å². The number of ether oxygens (including phenoxy) is 2. The van der Waals surface area contributed by atoms with Gasteiger partial charge in [0.05, 0.1) is 30.4 Å². The lowest BCUT2D eigenvalue weighted by molar-refractivity contribution is -0.120. The molecule has 2 aromatic rings. The van der Waals surface area contributed by atoms with E-state index in [9.17, 15) is 18.0 Å². The van der Waals surface area contributed by atoms with E-state index < -0.39 is 21.8 Å². The monoisotopic (exact) mass is 447 g/mol. The van der Waals surface area contributed by atoms with Crippen molar-refractivity contribution >= 4 is 27.5 Å². The van der Waals surface area contributed by atoms with Gasteiger partial charge in [0.2, 0.25) is 15.9 Å². The van der Waals surface area contributed by atoms with Crippen molar-refractivity contribution < 1.29 is 27.5 Å². The van der Waals surface area contributed by atoms with Crippen LogP contribution in [0.1, 0.15) is 23.2 Å². The number of methoxy groups -OCH3 is 2. The van der Waals surface area contributed by atoms with Gasteiger partial charge in [-0.15, -0.1) is 0 Å². The average molecular weight is 448 g/mol. The van der Waals surface area contributed by atoms with Crippen LogP contribution < -0.4 is 20.5 Å². The molecule has 0 bridgehead atoms. The Morgan fingerprint density at radius 2 is 1.61 bits per heavy atom. The molecule has 31 heavy (non-hydrogen) atoms. The lowest BCUT2D eigenvalue weighted by Gasteiger charge is -2.30. The molecule has 1 aliphatic rings. The van der Waals surface area contributed by atoms with Crippen LogP contribution in [0.15, 0.2) is 47.4 Å². The lowest BCUT2D eigenvalue weighted by atomic mass is 9.97. The number of nitrogens with one attached hydrogen (secondary N) is 1. The Balaban J connectivity index is 1.71. The summed E-state index contributed by atoms with van der Waals surface area (Å²) in [6.45, 7) is 0.452. The molecule has 0 radical (unpaired) electrons. The van der Waals surface area contributed by atoms with E-state index in [1.165, 1.54) is 30.7 Å². The standard InChI is InChI=1S/C21H25N3O6S/c1-29-18-12-16(20(22)25)17(13-19(18)30-2)23-21(26)14-8-10-24(11-9-14)31(27,28)15-6-4-3-5-7-15/h3-7,12-14H,8-11H2,1-2H3,(H2,22,25)(H,23,26). The van der Waals surface area contributed by atoms with Crippen molar-refractivity contribution in [3.8, 4) is 11.5 Å². The largest absolute Gasteiger partial charge is 0.493 e. The summed E-state index contributed by atoms with van der Waals surface area (Å²) in [5.74, 6) is -0.789. The number of sulfonamides is 1. The number of anilines is 1. The number of rotatable bonds is 7. The first-order chi connectivity index (χ1) is 14.8. The van der Waals surface area contributed by atoms with Crippen LogP contribution in [0.4, 0.5) is 5.69 Å². The van der Waals surface area contributed by atoms with Crippen LogP contribution in [0.5, 0.6) is 11.5 Å². The number of benzene rings is 2. The van der Waals surface area contributed by atoms with E-state index in [0.717, 1.165) is 0 Å². The maximum Gasteiger partial charge on any atom is 0.250 e. The van der Waals surface area contributed by atoms with Gasteiger partial charge in [-0.05, 0) is 31.0 Å². The fraction of sp³-hybridized carbons (Fsp3) is 0.333. The second kappa shape index (κ2) is 9.36. The second-order valence-corrected chi connectivity index (χ2v) is 9.04. The zero-order valence-electron chi connectivity index (χ0n) is 17.3. The number of hydrogen-bond acceptors (Lipinski definition) is 6. The highest BCUT2D eigenvalue weighted by molar-refractivity contribution is 7.89. The molecule has 1 saturated heterocycles. The number of nitrogens with two attached hydrogens (primary N) is 1. The summed E-state index contributed by atoms with van der Waals surface area (Å²) in [6.07, 6.45) is 0.716. The molecule has 0 spiro atoms. The van der Waals surface area contributed by atoms with E-state index in [4.69, 9.17) is 15.2 Å². The van der Waals surface area contributed by atoms with Crippen molar-refractivity contribution in [1.29, 1.82) is 0 Å². The van der Waals surface area contributed by atoms with Gasteiger partial charge in [0.15, 0.2) is 11.5 Å². The van der Waals surface area contributed by atoms with Crippen LogP contribution in [0.2, 0.25) is 0 Å². The van der Waals surface area contributed by atoms with Crippen molar-refractivity contribution in [2.75, 3.05) is 32.6 Å². The van der Waals surface area contributed by atoms with Crippen molar-refractivity contribution in [3.05, 3.63) is 48.0 Å². The number of primary amides is 1. The normalized spacial score (nSPS) is 15.3.